The zero-order chi connectivity index (χ0) is 19.8. The molecule has 1 fully saturated rings. The van der Waals surface area contributed by atoms with E-state index in [0.29, 0.717) is 12.3 Å². The van der Waals surface area contributed by atoms with Crippen LogP contribution in [-0.4, -0.2) is 35.4 Å². The van der Waals surface area contributed by atoms with Gasteiger partial charge in [-0.05, 0) is 43.1 Å². The topological polar surface area (TPSA) is 84.7 Å². The summed E-state index contributed by atoms with van der Waals surface area (Å²) in [6, 6.07) is 13.9. The fraction of sp³-hybridized carbons (Fsp3) is 0.381. The largest absolute Gasteiger partial charge is 0.484 e. The SMILES string of the molecule is O=C(COc1cccc([N+](=O)[O-])c1)NCc1ccccc1CN1CCCCC1. The molecule has 0 aliphatic carbocycles. The number of nitrogens with zero attached hydrogens (tertiary/aromatic N) is 2. The monoisotopic (exact) mass is 383 g/mol. The lowest BCUT2D eigenvalue weighted by molar-refractivity contribution is -0.384. The van der Waals surface area contributed by atoms with Crippen LogP contribution in [0.15, 0.2) is 48.5 Å². The van der Waals surface area contributed by atoms with Gasteiger partial charge in [-0.3, -0.25) is 19.8 Å². The molecule has 28 heavy (non-hydrogen) atoms. The summed E-state index contributed by atoms with van der Waals surface area (Å²) in [5.41, 5.74) is 2.26. The highest BCUT2D eigenvalue weighted by Gasteiger charge is 2.13. The number of carbonyl (C=O) groups excluding carboxylic acids is 1. The summed E-state index contributed by atoms with van der Waals surface area (Å²) in [7, 11) is 0. The number of benzene rings is 2. The molecule has 0 unspecified atom stereocenters. The molecule has 1 saturated heterocycles. The number of likely N-dealkylation sites (tertiary alicyclic amines) is 1. The number of piperidine rings is 1. The molecule has 1 N–H and O–H groups in total. The first kappa shape index (κ1) is 19.8. The maximum absolute atomic E-state index is 12.1. The maximum Gasteiger partial charge on any atom is 0.273 e. The van der Waals surface area contributed by atoms with Gasteiger partial charge in [0.2, 0.25) is 0 Å². The molecule has 7 heteroatoms. The van der Waals surface area contributed by atoms with Gasteiger partial charge in [-0.2, -0.15) is 0 Å². The second kappa shape index (κ2) is 9.85. The number of nitrogens with one attached hydrogen (secondary N) is 1. The van der Waals surface area contributed by atoms with Gasteiger partial charge in [-0.1, -0.05) is 36.8 Å². The molecule has 0 spiro atoms. The van der Waals surface area contributed by atoms with Gasteiger partial charge in [-0.15, -0.1) is 0 Å². The van der Waals surface area contributed by atoms with Gasteiger partial charge in [0.1, 0.15) is 5.75 Å². The predicted octanol–water partition coefficient (Wildman–Crippen LogP) is 3.28. The Hall–Kier alpha value is -2.93. The van der Waals surface area contributed by atoms with E-state index in [1.54, 1.807) is 6.07 Å². The molecule has 0 aromatic heterocycles. The maximum atomic E-state index is 12.1. The lowest BCUT2D eigenvalue weighted by atomic mass is 10.0. The molecule has 1 heterocycles. The van der Waals surface area contributed by atoms with E-state index in [2.05, 4.69) is 16.3 Å². The van der Waals surface area contributed by atoms with Gasteiger partial charge in [0, 0.05) is 19.2 Å². The first-order chi connectivity index (χ1) is 13.6. The van der Waals surface area contributed by atoms with Gasteiger partial charge >= 0.3 is 0 Å². The van der Waals surface area contributed by atoms with Crippen molar-refractivity contribution in [3.8, 4) is 5.75 Å². The van der Waals surface area contributed by atoms with Crippen LogP contribution in [0.5, 0.6) is 5.75 Å². The summed E-state index contributed by atoms with van der Waals surface area (Å²) < 4.78 is 5.37. The Kier molecular flexibility index (Phi) is 6.97. The molecule has 1 aliphatic rings. The Bertz CT molecular complexity index is 819. The van der Waals surface area contributed by atoms with Crippen LogP contribution in [0.2, 0.25) is 0 Å². The van der Waals surface area contributed by atoms with E-state index in [0.717, 1.165) is 25.2 Å². The number of nitro benzene ring substituents is 1. The van der Waals surface area contributed by atoms with Crippen LogP contribution in [0.3, 0.4) is 0 Å². The number of rotatable bonds is 8. The van der Waals surface area contributed by atoms with E-state index >= 15 is 0 Å². The molecule has 0 radical (unpaired) electrons. The zero-order valence-electron chi connectivity index (χ0n) is 15.8. The molecule has 3 rings (SSSR count). The van der Waals surface area contributed by atoms with Crippen molar-refractivity contribution in [1.82, 2.24) is 10.2 Å². The lowest BCUT2D eigenvalue weighted by Gasteiger charge is -2.27. The summed E-state index contributed by atoms with van der Waals surface area (Å²) in [6.07, 6.45) is 3.79. The molecule has 1 amide bonds. The molecule has 7 nitrogen and oxygen atoms in total. The molecule has 0 atom stereocenters. The molecule has 1 aliphatic heterocycles. The van der Waals surface area contributed by atoms with Gasteiger partial charge < -0.3 is 10.1 Å². The van der Waals surface area contributed by atoms with Crippen molar-refractivity contribution < 1.29 is 14.5 Å². The van der Waals surface area contributed by atoms with Crippen LogP contribution in [0.4, 0.5) is 5.69 Å². The van der Waals surface area contributed by atoms with Crippen LogP contribution >= 0.6 is 0 Å². The third-order valence-corrected chi connectivity index (χ3v) is 4.84. The van der Waals surface area contributed by atoms with Crippen LogP contribution in [0.1, 0.15) is 30.4 Å². The number of hydrogen-bond donors (Lipinski definition) is 1. The first-order valence-electron chi connectivity index (χ1n) is 9.55. The Balaban J connectivity index is 1.50. The van der Waals surface area contributed by atoms with Gasteiger partial charge in [-0.25, -0.2) is 0 Å². The second-order valence-electron chi connectivity index (χ2n) is 6.93. The Morgan fingerprint density at radius 1 is 1.07 bits per heavy atom. The van der Waals surface area contributed by atoms with E-state index in [9.17, 15) is 14.9 Å². The Morgan fingerprint density at radius 2 is 1.82 bits per heavy atom. The Morgan fingerprint density at radius 3 is 2.57 bits per heavy atom. The zero-order valence-corrected chi connectivity index (χ0v) is 15.8. The van der Waals surface area contributed by atoms with Gasteiger partial charge in [0.05, 0.1) is 11.0 Å². The molecule has 2 aromatic rings. The predicted molar refractivity (Wildman–Crippen MR) is 106 cm³/mol. The lowest BCUT2D eigenvalue weighted by Crippen LogP contribution is -2.31. The number of hydrogen-bond acceptors (Lipinski definition) is 5. The van der Waals surface area contributed by atoms with Crippen LogP contribution in [-0.2, 0) is 17.9 Å². The molecule has 2 aromatic carbocycles. The van der Waals surface area contributed by atoms with Crippen LogP contribution < -0.4 is 10.1 Å². The standard InChI is InChI=1S/C21H25N3O4/c25-21(16-28-20-10-6-9-19(13-20)24(26)27)22-14-17-7-2-3-8-18(17)15-23-11-4-1-5-12-23/h2-3,6-10,13H,1,4-5,11-12,14-16H2,(H,22,25). The van der Waals surface area contributed by atoms with Crippen molar-refractivity contribution in [3.63, 3.8) is 0 Å². The average Bonchev–Trinajstić information content (AvgIpc) is 2.72. The first-order valence-corrected chi connectivity index (χ1v) is 9.55. The Labute approximate surface area is 164 Å². The number of non-ortho nitro benzene ring substituents is 1. The minimum Gasteiger partial charge on any atom is -0.484 e. The molecular formula is C21H25N3O4. The summed E-state index contributed by atoms with van der Waals surface area (Å²) in [5.74, 6) is 0.0362. The van der Waals surface area contributed by atoms with Crippen molar-refractivity contribution in [3.05, 3.63) is 69.8 Å². The van der Waals surface area contributed by atoms with Crippen molar-refractivity contribution in [2.24, 2.45) is 0 Å². The van der Waals surface area contributed by atoms with Crippen molar-refractivity contribution in [2.75, 3.05) is 19.7 Å². The highest BCUT2D eigenvalue weighted by atomic mass is 16.6. The quantitative estimate of drug-likeness (QED) is 0.559. The van der Waals surface area contributed by atoms with Gasteiger partial charge in [0.15, 0.2) is 6.61 Å². The fourth-order valence-electron chi connectivity index (χ4n) is 3.32. The molecular weight excluding hydrogens is 358 g/mol. The fourth-order valence-corrected chi connectivity index (χ4v) is 3.32. The summed E-state index contributed by atoms with van der Waals surface area (Å²) in [6.45, 7) is 3.39. The second-order valence-corrected chi connectivity index (χ2v) is 6.93. The van der Waals surface area contributed by atoms with Crippen LogP contribution in [0, 0.1) is 10.1 Å². The van der Waals surface area contributed by atoms with Crippen molar-refractivity contribution >= 4 is 11.6 Å². The minimum absolute atomic E-state index is 0.0652. The average molecular weight is 383 g/mol. The third-order valence-electron chi connectivity index (χ3n) is 4.84. The highest BCUT2D eigenvalue weighted by Crippen LogP contribution is 2.19. The number of ether oxygens (including phenoxy) is 1. The normalized spacial score (nSPS) is 14.4. The number of carbonyl (C=O) groups is 1. The summed E-state index contributed by atoms with van der Waals surface area (Å²) in [5, 5.41) is 13.7. The summed E-state index contributed by atoms with van der Waals surface area (Å²) in [4.78, 5) is 24.9. The van der Waals surface area contributed by atoms with Crippen molar-refractivity contribution in [2.45, 2.75) is 32.4 Å². The van der Waals surface area contributed by atoms with Crippen LogP contribution in [0.25, 0.3) is 0 Å². The highest BCUT2D eigenvalue weighted by molar-refractivity contribution is 5.77. The van der Waals surface area contributed by atoms with E-state index < -0.39 is 4.92 Å². The summed E-state index contributed by atoms with van der Waals surface area (Å²) >= 11 is 0. The third kappa shape index (κ3) is 5.79. The molecule has 0 bridgehead atoms. The molecule has 0 saturated carbocycles. The number of nitro groups is 1. The molecule has 148 valence electrons. The minimum atomic E-state index is -0.494. The van der Waals surface area contributed by atoms with E-state index in [1.807, 2.05) is 18.2 Å². The van der Waals surface area contributed by atoms with E-state index in [4.69, 9.17) is 4.74 Å². The number of amides is 1. The smallest absolute Gasteiger partial charge is 0.273 e. The van der Waals surface area contributed by atoms with E-state index in [1.165, 1.54) is 43.0 Å². The van der Waals surface area contributed by atoms with Gasteiger partial charge in [0.25, 0.3) is 11.6 Å². The van der Waals surface area contributed by atoms with Crippen molar-refractivity contribution in [1.29, 1.82) is 0 Å². The van der Waals surface area contributed by atoms with E-state index in [-0.39, 0.29) is 18.2 Å².